The molecular formula is C12H12F3N5O. The van der Waals surface area contributed by atoms with Gasteiger partial charge in [0, 0.05) is 12.7 Å². The minimum atomic E-state index is -4.41. The molecule has 0 aliphatic rings. The van der Waals surface area contributed by atoms with E-state index in [-0.39, 0.29) is 23.6 Å². The van der Waals surface area contributed by atoms with Gasteiger partial charge in [-0.2, -0.15) is 28.1 Å². The molecule has 2 rings (SSSR count). The van der Waals surface area contributed by atoms with Crippen molar-refractivity contribution in [2.24, 2.45) is 0 Å². The molecule has 0 spiro atoms. The number of alkyl halides is 3. The molecule has 112 valence electrons. The van der Waals surface area contributed by atoms with Gasteiger partial charge in [0.25, 0.3) is 0 Å². The number of anilines is 3. The van der Waals surface area contributed by atoms with Crippen LogP contribution in [0.5, 0.6) is 6.01 Å². The SMILES string of the molecule is CNc1nc(Nc2cccc(C(F)(F)F)c2)nc(OC)n1. The third-order valence-corrected chi connectivity index (χ3v) is 2.47. The first-order valence-electron chi connectivity index (χ1n) is 5.84. The Labute approximate surface area is 118 Å². The molecule has 0 bridgehead atoms. The van der Waals surface area contributed by atoms with Crippen LogP contribution in [0, 0.1) is 0 Å². The summed E-state index contributed by atoms with van der Waals surface area (Å²) in [4.78, 5) is 11.8. The molecule has 1 aromatic carbocycles. The molecule has 9 heteroatoms. The Morgan fingerprint density at radius 2 is 1.81 bits per heavy atom. The summed E-state index contributed by atoms with van der Waals surface area (Å²) in [5, 5.41) is 5.38. The maximum atomic E-state index is 12.6. The van der Waals surface area contributed by atoms with Gasteiger partial charge in [-0.1, -0.05) is 6.07 Å². The van der Waals surface area contributed by atoms with Crippen molar-refractivity contribution in [2.75, 3.05) is 24.8 Å². The first-order chi connectivity index (χ1) is 9.92. The number of hydrogen-bond acceptors (Lipinski definition) is 6. The molecule has 0 unspecified atom stereocenters. The molecule has 0 amide bonds. The van der Waals surface area contributed by atoms with Gasteiger partial charge in [0.2, 0.25) is 11.9 Å². The predicted molar refractivity (Wildman–Crippen MR) is 70.7 cm³/mol. The van der Waals surface area contributed by atoms with Crippen molar-refractivity contribution in [3.05, 3.63) is 29.8 Å². The summed E-state index contributed by atoms with van der Waals surface area (Å²) < 4.78 is 42.8. The Bertz CT molecular complexity index is 610. The summed E-state index contributed by atoms with van der Waals surface area (Å²) in [6, 6.07) is 4.77. The summed E-state index contributed by atoms with van der Waals surface area (Å²) in [5.74, 6) is 0.307. The van der Waals surface area contributed by atoms with E-state index in [2.05, 4.69) is 25.6 Å². The highest BCUT2D eigenvalue weighted by Crippen LogP contribution is 2.31. The zero-order valence-electron chi connectivity index (χ0n) is 11.2. The van der Waals surface area contributed by atoms with Gasteiger partial charge in [-0.05, 0) is 18.2 Å². The maximum absolute atomic E-state index is 12.6. The van der Waals surface area contributed by atoms with Crippen LogP contribution < -0.4 is 15.4 Å². The largest absolute Gasteiger partial charge is 0.467 e. The predicted octanol–water partition coefficient (Wildman–Crippen LogP) is 2.68. The van der Waals surface area contributed by atoms with E-state index < -0.39 is 11.7 Å². The van der Waals surface area contributed by atoms with Crippen LogP contribution in [-0.4, -0.2) is 29.1 Å². The van der Waals surface area contributed by atoms with Crippen molar-refractivity contribution < 1.29 is 17.9 Å². The molecule has 0 atom stereocenters. The monoisotopic (exact) mass is 299 g/mol. The second kappa shape index (κ2) is 5.81. The first kappa shape index (κ1) is 14.8. The summed E-state index contributed by atoms with van der Waals surface area (Å²) in [6.07, 6.45) is -4.41. The average molecular weight is 299 g/mol. The lowest BCUT2D eigenvalue weighted by molar-refractivity contribution is -0.137. The number of hydrogen-bond donors (Lipinski definition) is 2. The van der Waals surface area contributed by atoms with E-state index >= 15 is 0 Å². The van der Waals surface area contributed by atoms with Crippen LogP contribution >= 0.6 is 0 Å². The van der Waals surface area contributed by atoms with E-state index in [0.717, 1.165) is 12.1 Å². The van der Waals surface area contributed by atoms with E-state index in [1.165, 1.54) is 19.2 Å². The molecule has 1 aromatic heterocycles. The maximum Gasteiger partial charge on any atom is 0.416 e. The first-order valence-corrected chi connectivity index (χ1v) is 5.84. The summed E-state index contributed by atoms with van der Waals surface area (Å²) in [5.41, 5.74) is -0.553. The summed E-state index contributed by atoms with van der Waals surface area (Å²) in [6.45, 7) is 0. The lowest BCUT2D eigenvalue weighted by Gasteiger charge is -2.10. The van der Waals surface area contributed by atoms with Crippen LogP contribution in [0.25, 0.3) is 0 Å². The van der Waals surface area contributed by atoms with Gasteiger partial charge in [-0.3, -0.25) is 0 Å². The molecule has 6 nitrogen and oxygen atoms in total. The van der Waals surface area contributed by atoms with Crippen LogP contribution in [0.2, 0.25) is 0 Å². The molecule has 2 aromatic rings. The van der Waals surface area contributed by atoms with E-state index in [1.807, 2.05) is 0 Å². The Morgan fingerprint density at radius 3 is 2.43 bits per heavy atom. The van der Waals surface area contributed by atoms with E-state index in [4.69, 9.17) is 4.74 Å². The second-order valence-corrected chi connectivity index (χ2v) is 3.92. The highest BCUT2D eigenvalue weighted by atomic mass is 19.4. The fourth-order valence-electron chi connectivity index (χ4n) is 1.52. The fourth-order valence-corrected chi connectivity index (χ4v) is 1.52. The van der Waals surface area contributed by atoms with Gasteiger partial charge in [-0.25, -0.2) is 0 Å². The summed E-state index contributed by atoms with van der Waals surface area (Å²) >= 11 is 0. The Kier molecular flexibility index (Phi) is 4.10. The molecule has 2 N–H and O–H groups in total. The van der Waals surface area contributed by atoms with Crippen molar-refractivity contribution in [2.45, 2.75) is 6.18 Å². The second-order valence-electron chi connectivity index (χ2n) is 3.92. The molecule has 0 aliphatic heterocycles. The zero-order chi connectivity index (χ0) is 15.5. The topological polar surface area (TPSA) is 72.0 Å². The number of ether oxygens (including phenoxy) is 1. The smallest absolute Gasteiger partial charge is 0.416 e. The highest BCUT2D eigenvalue weighted by molar-refractivity contribution is 5.55. The molecule has 1 heterocycles. The van der Waals surface area contributed by atoms with Crippen LogP contribution in [0.1, 0.15) is 5.56 Å². The fraction of sp³-hybridized carbons (Fsp3) is 0.250. The Hall–Kier alpha value is -2.58. The standard InChI is InChI=1S/C12H12F3N5O/c1-16-9-18-10(20-11(19-9)21-2)17-8-5-3-4-7(6-8)12(13,14)15/h3-6H,1-2H3,(H2,16,17,18,19,20). The summed E-state index contributed by atoms with van der Waals surface area (Å²) in [7, 11) is 2.98. The Morgan fingerprint density at radius 1 is 1.10 bits per heavy atom. The molecule has 0 fully saturated rings. The number of nitrogens with one attached hydrogen (secondary N) is 2. The van der Waals surface area contributed by atoms with E-state index in [0.29, 0.717) is 0 Å². The van der Waals surface area contributed by atoms with Crippen LogP contribution in [0.15, 0.2) is 24.3 Å². The lowest BCUT2D eigenvalue weighted by atomic mass is 10.2. The third kappa shape index (κ3) is 3.71. The van der Waals surface area contributed by atoms with Gasteiger partial charge in [0.15, 0.2) is 0 Å². The van der Waals surface area contributed by atoms with Crippen molar-refractivity contribution in [1.29, 1.82) is 0 Å². The number of benzene rings is 1. The average Bonchev–Trinajstić information content (AvgIpc) is 2.46. The molecule has 0 radical (unpaired) electrons. The van der Waals surface area contributed by atoms with Crippen molar-refractivity contribution in [3.8, 4) is 6.01 Å². The number of rotatable bonds is 4. The van der Waals surface area contributed by atoms with Crippen molar-refractivity contribution in [3.63, 3.8) is 0 Å². The van der Waals surface area contributed by atoms with Gasteiger partial charge in [0.1, 0.15) is 0 Å². The van der Waals surface area contributed by atoms with Gasteiger partial charge in [0.05, 0.1) is 12.7 Å². The van der Waals surface area contributed by atoms with E-state index in [1.54, 1.807) is 7.05 Å². The molecule has 0 aliphatic carbocycles. The minimum absolute atomic E-state index is 0.0452. The number of nitrogens with zero attached hydrogens (tertiary/aromatic N) is 3. The van der Waals surface area contributed by atoms with Crippen LogP contribution in [0.3, 0.4) is 0 Å². The molecule has 0 saturated carbocycles. The number of methoxy groups -OCH3 is 1. The van der Waals surface area contributed by atoms with Crippen molar-refractivity contribution >= 4 is 17.6 Å². The van der Waals surface area contributed by atoms with Gasteiger partial charge >= 0.3 is 12.2 Å². The van der Waals surface area contributed by atoms with Gasteiger partial charge < -0.3 is 15.4 Å². The quantitative estimate of drug-likeness (QED) is 0.904. The molecule has 0 saturated heterocycles. The Balaban J connectivity index is 2.30. The molecule has 21 heavy (non-hydrogen) atoms. The van der Waals surface area contributed by atoms with E-state index in [9.17, 15) is 13.2 Å². The molecular weight excluding hydrogens is 287 g/mol. The highest BCUT2D eigenvalue weighted by Gasteiger charge is 2.30. The lowest BCUT2D eigenvalue weighted by Crippen LogP contribution is -2.07. The van der Waals surface area contributed by atoms with Crippen LogP contribution in [-0.2, 0) is 6.18 Å². The van der Waals surface area contributed by atoms with Crippen molar-refractivity contribution in [1.82, 2.24) is 15.0 Å². The number of aromatic nitrogens is 3. The third-order valence-electron chi connectivity index (χ3n) is 2.47. The van der Waals surface area contributed by atoms with Gasteiger partial charge in [-0.15, -0.1) is 0 Å². The zero-order valence-corrected chi connectivity index (χ0v) is 11.2. The minimum Gasteiger partial charge on any atom is -0.467 e. The van der Waals surface area contributed by atoms with Crippen LogP contribution in [0.4, 0.5) is 30.8 Å². The number of halogens is 3. The normalized spacial score (nSPS) is 11.1.